The highest BCUT2D eigenvalue weighted by Crippen LogP contribution is 2.25. The number of anilines is 1. The zero-order valence-electron chi connectivity index (χ0n) is 12.3. The molecule has 22 heavy (non-hydrogen) atoms. The van der Waals surface area contributed by atoms with E-state index in [0.29, 0.717) is 24.2 Å². The fourth-order valence-electron chi connectivity index (χ4n) is 2.45. The maximum absolute atomic E-state index is 12.3. The van der Waals surface area contributed by atoms with Crippen LogP contribution >= 0.6 is 11.8 Å². The highest BCUT2D eigenvalue weighted by atomic mass is 32.2. The second-order valence-electron chi connectivity index (χ2n) is 5.13. The summed E-state index contributed by atoms with van der Waals surface area (Å²) < 4.78 is 2.01. The molecule has 0 spiro atoms. The Balaban J connectivity index is 1.69. The molecule has 0 aliphatic carbocycles. The largest absolute Gasteiger partial charge is 0.326 e. The fraction of sp³-hybridized carbons (Fsp3) is 0.312. The second kappa shape index (κ2) is 6.36. The Morgan fingerprint density at radius 1 is 1.41 bits per heavy atom. The Labute approximate surface area is 133 Å². The number of ketones is 1. The molecule has 0 saturated heterocycles. The molecule has 5 nitrogen and oxygen atoms in total. The zero-order valence-corrected chi connectivity index (χ0v) is 13.2. The second-order valence-corrected chi connectivity index (χ2v) is 6.07. The first-order valence-electron chi connectivity index (χ1n) is 7.27. The van der Waals surface area contributed by atoms with Crippen LogP contribution < -0.4 is 5.32 Å². The monoisotopic (exact) mass is 315 g/mol. The van der Waals surface area contributed by atoms with Gasteiger partial charge >= 0.3 is 0 Å². The Bertz CT molecular complexity index is 724. The maximum atomic E-state index is 12.3. The number of amides is 1. The molecule has 0 saturated carbocycles. The van der Waals surface area contributed by atoms with Crippen molar-refractivity contribution in [1.82, 2.24) is 9.55 Å². The molecule has 0 fully saturated rings. The smallest absolute Gasteiger partial charge is 0.224 e. The number of carbonyl (C=O) groups is 2. The van der Waals surface area contributed by atoms with Crippen molar-refractivity contribution in [3.8, 4) is 0 Å². The van der Waals surface area contributed by atoms with Crippen molar-refractivity contribution < 1.29 is 9.59 Å². The minimum atomic E-state index is 0.0357. The number of hydrogen-bond donors (Lipinski definition) is 1. The number of benzene rings is 1. The number of hydrogen-bond acceptors (Lipinski definition) is 4. The summed E-state index contributed by atoms with van der Waals surface area (Å²) in [7, 11) is 0. The molecule has 0 bridgehead atoms. The zero-order chi connectivity index (χ0) is 15.5. The average molecular weight is 315 g/mol. The van der Waals surface area contributed by atoms with Crippen LogP contribution in [0.3, 0.4) is 0 Å². The minimum absolute atomic E-state index is 0.0357. The van der Waals surface area contributed by atoms with E-state index in [1.807, 2.05) is 29.8 Å². The van der Waals surface area contributed by atoms with Crippen molar-refractivity contribution in [2.24, 2.45) is 0 Å². The highest BCUT2D eigenvalue weighted by Gasteiger charge is 2.17. The summed E-state index contributed by atoms with van der Waals surface area (Å²) in [4.78, 5) is 28.0. The van der Waals surface area contributed by atoms with Gasteiger partial charge < -0.3 is 9.88 Å². The predicted octanol–water partition coefficient (Wildman–Crippen LogP) is 2.76. The first-order valence-corrected chi connectivity index (χ1v) is 8.26. The lowest BCUT2D eigenvalue weighted by molar-refractivity contribution is -0.116. The number of carbonyl (C=O) groups excluding carboxylic acids is 2. The molecule has 114 valence electrons. The molecule has 0 radical (unpaired) electrons. The molecule has 1 N–H and O–H groups in total. The molecule has 3 rings (SSSR count). The maximum Gasteiger partial charge on any atom is 0.224 e. The number of thioether (sulfide) groups is 1. The molecule has 1 amide bonds. The van der Waals surface area contributed by atoms with Crippen molar-refractivity contribution in [1.29, 1.82) is 0 Å². The summed E-state index contributed by atoms with van der Waals surface area (Å²) in [6.45, 7) is 2.89. The quantitative estimate of drug-likeness (QED) is 0.681. The van der Waals surface area contributed by atoms with Gasteiger partial charge in [-0.15, -0.1) is 0 Å². The highest BCUT2D eigenvalue weighted by molar-refractivity contribution is 7.99. The summed E-state index contributed by atoms with van der Waals surface area (Å²) in [6, 6.07) is 5.49. The van der Waals surface area contributed by atoms with Gasteiger partial charge in [0.15, 0.2) is 10.9 Å². The van der Waals surface area contributed by atoms with Crippen LogP contribution in [0.1, 0.15) is 29.3 Å². The molecular weight excluding hydrogens is 298 g/mol. The van der Waals surface area contributed by atoms with Gasteiger partial charge in [-0.25, -0.2) is 4.98 Å². The molecule has 2 heterocycles. The van der Waals surface area contributed by atoms with E-state index in [9.17, 15) is 9.59 Å². The Hall–Kier alpha value is -2.08. The van der Waals surface area contributed by atoms with E-state index >= 15 is 0 Å². The number of imidazole rings is 1. The molecule has 6 heteroatoms. The number of nitrogens with one attached hydrogen (secondary N) is 1. The molecule has 0 atom stereocenters. The van der Waals surface area contributed by atoms with Crippen molar-refractivity contribution in [2.75, 3.05) is 11.1 Å². The Morgan fingerprint density at radius 2 is 2.27 bits per heavy atom. The topological polar surface area (TPSA) is 64.0 Å². The van der Waals surface area contributed by atoms with Gasteiger partial charge in [-0.3, -0.25) is 9.59 Å². The van der Waals surface area contributed by atoms with Crippen LogP contribution in [-0.2, 0) is 17.8 Å². The van der Waals surface area contributed by atoms with Crippen molar-refractivity contribution in [2.45, 2.75) is 31.5 Å². The summed E-state index contributed by atoms with van der Waals surface area (Å²) >= 11 is 1.45. The van der Waals surface area contributed by atoms with E-state index in [1.165, 1.54) is 11.8 Å². The van der Waals surface area contributed by atoms with E-state index in [4.69, 9.17) is 0 Å². The molecule has 1 aromatic carbocycles. The standard InChI is InChI=1S/C16H17N3O2S/c1-2-19-8-7-17-16(19)22-10-14(20)12-3-5-13-11(9-12)4-6-15(21)18-13/h3,5,7-9H,2,4,6,10H2,1H3,(H,18,21). The minimum Gasteiger partial charge on any atom is -0.326 e. The van der Waals surface area contributed by atoms with Gasteiger partial charge in [-0.1, -0.05) is 11.8 Å². The first-order chi connectivity index (χ1) is 10.7. The van der Waals surface area contributed by atoms with Crippen LogP contribution in [0.4, 0.5) is 5.69 Å². The van der Waals surface area contributed by atoms with Gasteiger partial charge in [0.1, 0.15) is 0 Å². The van der Waals surface area contributed by atoms with E-state index < -0.39 is 0 Å². The van der Waals surface area contributed by atoms with Crippen LogP contribution in [-0.4, -0.2) is 27.0 Å². The number of nitrogens with zero attached hydrogens (tertiary/aromatic N) is 2. The van der Waals surface area contributed by atoms with Crippen molar-refractivity contribution in [3.05, 3.63) is 41.7 Å². The SMILES string of the molecule is CCn1ccnc1SCC(=O)c1ccc2c(c1)CCC(=O)N2. The van der Waals surface area contributed by atoms with E-state index in [-0.39, 0.29) is 11.7 Å². The number of aryl methyl sites for hydroxylation is 2. The molecule has 2 aromatic rings. The van der Waals surface area contributed by atoms with Crippen LogP contribution in [0.25, 0.3) is 0 Å². The van der Waals surface area contributed by atoms with E-state index in [0.717, 1.165) is 23.0 Å². The van der Waals surface area contributed by atoms with Crippen LogP contribution in [0, 0.1) is 0 Å². The van der Waals surface area contributed by atoms with E-state index in [1.54, 1.807) is 12.3 Å². The van der Waals surface area contributed by atoms with Crippen LogP contribution in [0.2, 0.25) is 0 Å². The molecule has 0 unspecified atom stereocenters. The number of fused-ring (bicyclic) bond motifs is 1. The van der Waals surface area contributed by atoms with Gasteiger partial charge in [-0.2, -0.15) is 0 Å². The van der Waals surface area contributed by atoms with E-state index in [2.05, 4.69) is 10.3 Å². The van der Waals surface area contributed by atoms with Gasteiger partial charge in [0.25, 0.3) is 0 Å². The third kappa shape index (κ3) is 3.06. The Morgan fingerprint density at radius 3 is 3.09 bits per heavy atom. The fourth-order valence-corrected chi connectivity index (χ4v) is 3.36. The number of Topliss-reactive ketones (excluding diaryl/α,β-unsaturated/α-hetero) is 1. The van der Waals surface area contributed by atoms with Gasteiger partial charge in [0, 0.05) is 36.6 Å². The molecular formula is C16H17N3O2S. The first kappa shape index (κ1) is 14.8. The third-order valence-electron chi connectivity index (χ3n) is 3.67. The Kier molecular flexibility index (Phi) is 4.29. The van der Waals surface area contributed by atoms with Crippen LogP contribution in [0.15, 0.2) is 35.7 Å². The predicted molar refractivity (Wildman–Crippen MR) is 86.3 cm³/mol. The summed E-state index contributed by atoms with van der Waals surface area (Å²) in [5.41, 5.74) is 2.55. The third-order valence-corrected chi connectivity index (χ3v) is 4.68. The van der Waals surface area contributed by atoms with Gasteiger partial charge in [-0.05, 0) is 37.1 Å². The molecule has 1 aliphatic rings. The molecule has 1 aliphatic heterocycles. The lowest BCUT2D eigenvalue weighted by atomic mass is 9.99. The van der Waals surface area contributed by atoms with Gasteiger partial charge in [0.05, 0.1) is 5.75 Å². The lowest BCUT2D eigenvalue weighted by Gasteiger charge is -2.17. The lowest BCUT2D eigenvalue weighted by Crippen LogP contribution is -2.19. The average Bonchev–Trinajstić information content (AvgIpc) is 2.99. The number of aromatic nitrogens is 2. The van der Waals surface area contributed by atoms with Gasteiger partial charge in [0.2, 0.25) is 5.91 Å². The summed E-state index contributed by atoms with van der Waals surface area (Å²) in [5.74, 6) is 0.478. The van der Waals surface area contributed by atoms with Crippen molar-refractivity contribution in [3.63, 3.8) is 0 Å². The molecule has 1 aromatic heterocycles. The van der Waals surface area contributed by atoms with Crippen molar-refractivity contribution >= 4 is 29.1 Å². The van der Waals surface area contributed by atoms with Crippen LogP contribution in [0.5, 0.6) is 0 Å². The summed E-state index contributed by atoms with van der Waals surface area (Å²) in [5, 5.41) is 3.69. The number of rotatable bonds is 5. The normalized spacial score (nSPS) is 13.6. The summed E-state index contributed by atoms with van der Waals surface area (Å²) in [6.07, 6.45) is 4.83.